The lowest BCUT2D eigenvalue weighted by atomic mass is 10.0. The number of para-hydroxylation sites is 2. The maximum absolute atomic E-state index is 12.3. The number of nitrogens with zero attached hydrogens (tertiary/aromatic N) is 2. The number of phenols is 1. The zero-order valence-electron chi connectivity index (χ0n) is 12.4. The lowest BCUT2D eigenvalue weighted by molar-refractivity contribution is 0.101. The molecule has 0 saturated carbocycles. The summed E-state index contributed by atoms with van der Waals surface area (Å²) in [5.74, 6) is -0.107. The number of aromatic hydroxyl groups is 1. The van der Waals surface area contributed by atoms with Crippen LogP contribution in [0, 0.1) is 0 Å². The highest BCUT2D eigenvalue weighted by Crippen LogP contribution is 2.24. The second-order valence-electron chi connectivity index (χ2n) is 5.48. The van der Waals surface area contributed by atoms with Gasteiger partial charge >= 0.3 is 0 Å². The summed E-state index contributed by atoms with van der Waals surface area (Å²) in [4.78, 5) is 16.5. The molecule has 0 aliphatic heterocycles. The molecule has 1 aromatic heterocycles. The van der Waals surface area contributed by atoms with Crippen LogP contribution in [-0.2, 0) is 0 Å². The summed E-state index contributed by atoms with van der Waals surface area (Å²) in [6, 6.07) is 12.6. The molecule has 3 rings (SSSR count). The average Bonchev–Trinajstić information content (AvgIpc) is 2.90. The molecule has 22 heavy (non-hydrogen) atoms. The smallest absolute Gasteiger partial charge is 0.273 e. The molecule has 0 saturated heterocycles. The van der Waals surface area contributed by atoms with Crippen LogP contribution in [0.15, 0.2) is 48.8 Å². The normalized spacial score (nSPS) is 11.0. The van der Waals surface area contributed by atoms with Gasteiger partial charge in [0.15, 0.2) is 0 Å². The van der Waals surface area contributed by atoms with Crippen molar-refractivity contribution in [2.75, 3.05) is 5.43 Å². The third-order valence-electron chi connectivity index (χ3n) is 3.61. The lowest BCUT2D eigenvalue weighted by Crippen LogP contribution is -2.22. The highest BCUT2D eigenvalue weighted by atomic mass is 16.3. The fourth-order valence-corrected chi connectivity index (χ4v) is 2.32. The van der Waals surface area contributed by atoms with E-state index in [1.165, 1.54) is 0 Å². The summed E-state index contributed by atoms with van der Waals surface area (Å²) in [5.41, 5.74) is 5.55. The van der Waals surface area contributed by atoms with E-state index in [-0.39, 0.29) is 17.2 Å². The van der Waals surface area contributed by atoms with Crippen LogP contribution in [0.2, 0.25) is 0 Å². The van der Waals surface area contributed by atoms with Crippen molar-refractivity contribution in [1.29, 1.82) is 0 Å². The summed E-state index contributed by atoms with van der Waals surface area (Å²) in [7, 11) is 0. The number of imidazole rings is 1. The number of phenolic OH excluding ortho intramolecular Hbond substituents is 1. The average molecular weight is 295 g/mol. The van der Waals surface area contributed by atoms with Gasteiger partial charge in [-0.15, -0.1) is 0 Å². The molecule has 2 aromatic carbocycles. The Hall–Kier alpha value is -2.82. The Morgan fingerprint density at radius 1 is 1.23 bits per heavy atom. The van der Waals surface area contributed by atoms with Gasteiger partial charge in [0.2, 0.25) is 0 Å². The molecule has 1 amide bonds. The first-order valence-electron chi connectivity index (χ1n) is 7.12. The molecule has 0 radical (unpaired) electrons. The molecule has 0 atom stereocenters. The van der Waals surface area contributed by atoms with Crippen molar-refractivity contribution in [3.63, 3.8) is 0 Å². The molecule has 0 aliphatic rings. The quantitative estimate of drug-likeness (QED) is 0.779. The Morgan fingerprint density at radius 3 is 2.73 bits per heavy atom. The van der Waals surface area contributed by atoms with E-state index in [9.17, 15) is 9.90 Å². The topological polar surface area (TPSA) is 67.2 Å². The van der Waals surface area contributed by atoms with Gasteiger partial charge in [-0.2, -0.15) is 0 Å². The van der Waals surface area contributed by atoms with Crippen molar-refractivity contribution in [2.24, 2.45) is 0 Å². The van der Waals surface area contributed by atoms with E-state index in [0.29, 0.717) is 5.92 Å². The monoisotopic (exact) mass is 295 g/mol. The van der Waals surface area contributed by atoms with Crippen molar-refractivity contribution in [2.45, 2.75) is 19.8 Å². The summed E-state index contributed by atoms with van der Waals surface area (Å²) >= 11 is 0. The minimum Gasteiger partial charge on any atom is -0.507 e. The Kier molecular flexibility index (Phi) is 3.55. The van der Waals surface area contributed by atoms with Gasteiger partial charge in [-0.1, -0.05) is 32.0 Å². The SMILES string of the molecule is CC(C)c1ccc(C(=O)Nn2cnc3ccccc32)c(O)c1. The second-order valence-corrected chi connectivity index (χ2v) is 5.48. The largest absolute Gasteiger partial charge is 0.507 e. The number of aromatic nitrogens is 2. The predicted molar refractivity (Wildman–Crippen MR) is 85.6 cm³/mol. The van der Waals surface area contributed by atoms with Crippen LogP contribution in [0.5, 0.6) is 5.75 Å². The van der Waals surface area contributed by atoms with Gasteiger partial charge in [-0.05, 0) is 35.7 Å². The molecule has 3 aromatic rings. The number of benzene rings is 2. The van der Waals surface area contributed by atoms with E-state index >= 15 is 0 Å². The first kappa shape index (κ1) is 14.1. The summed E-state index contributed by atoms with van der Waals surface area (Å²) in [6.45, 7) is 4.07. The second kappa shape index (κ2) is 5.52. The van der Waals surface area contributed by atoms with Gasteiger partial charge in [0.05, 0.1) is 16.6 Å². The molecule has 0 unspecified atom stereocenters. The van der Waals surface area contributed by atoms with Gasteiger partial charge in [0, 0.05) is 0 Å². The molecule has 112 valence electrons. The minimum absolute atomic E-state index is 0.0203. The lowest BCUT2D eigenvalue weighted by Gasteiger charge is -2.11. The number of amides is 1. The molecule has 5 heteroatoms. The van der Waals surface area contributed by atoms with Crippen molar-refractivity contribution in [3.8, 4) is 5.75 Å². The highest BCUT2D eigenvalue weighted by molar-refractivity contribution is 6.02. The number of nitrogens with one attached hydrogen (secondary N) is 1. The van der Waals surface area contributed by atoms with Gasteiger partial charge < -0.3 is 5.11 Å². The van der Waals surface area contributed by atoms with Gasteiger partial charge in [-0.25, -0.2) is 9.66 Å². The maximum atomic E-state index is 12.3. The number of rotatable bonds is 3. The van der Waals surface area contributed by atoms with Crippen molar-refractivity contribution in [3.05, 3.63) is 59.9 Å². The zero-order valence-corrected chi connectivity index (χ0v) is 12.4. The Morgan fingerprint density at radius 2 is 2.00 bits per heavy atom. The summed E-state index contributed by atoms with van der Waals surface area (Å²) < 4.78 is 1.55. The standard InChI is InChI=1S/C17H17N3O2/c1-11(2)12-7-8-13(16(21)9-12)17(22)19-20-10-18-14-5-3-4-6-15(14)20/h3-11,21H,1-2H3,(H,19,22). The van der Waals surface area contributed by atoms with E-state index in [1.807, 2.05) is 44.2 Å². The van der Waals surface area contributed by atoms with Crippen LogP contribution >= 0.6 is 0 Å². The van der Waals surface area contributed by atoms with Crippen molar-refractivity contribution in [1.82, 2.24) is 9.66 Å². The number of carbonyl (C=O) groups is 1. The van der Waals surface area contributed by atoms with Crippen LogP contribution in [0.4, 0.5) is 0 Å². The third kappa shape index (κ3) is 2.53. The van der Waals surface area contributed by atoms with Gasteiger partial charge in [-0.3, -0.25) is 10.2 Å². The van der Waals surface area contributed by atoms with Crippen LogP contribution in [-0.4, -0.2) is 20.7 Å². The maximum Gasteiger partial charge on any atom is 0.273 e. The predicted octanol–water partition coefficient (Wildman–Crippen LogP) is 3.25. The minimum atomic E-state index is -0.379. The first-order valence-corrected chi connectivity index (χ1v) is 7.12. The Labute approximate surface area is 128 Å². The number of hydrogen-bond donors (Lipinski definition) is 2. The van der Waals surface area contributed by atoms with Crippen molar-refractivity contribution >= 4 is 16.9 Å². The molecule has 0 bridgehead atoms. The molecular formula is C17H17N3O2. The third-order valence-corrected chi connectivity index (χ3v) is 3.61. The van der Waals surface area contributed by atoms with E-state index in [1.54, 1.807) is 23.1 Å². The molecule has 0 spiro atoms. The Balaban J connectivity index is 1.88. The van der Waals surface area contributed by atoms with Gasteiger partial charge in [0.1, 0.15) is 12.1 Å². The van der Waals surface area contributed by atoms with Gasteiger partial charge in [0.25, 0.3) is 5.91 Å². The highest BCUT2D eigenvalue weighted by Gasteiger charge is 2.14. The fraction of sp³-hybridized carbons (Fsp3) is 0.176. The van der Waals surface area contributed by atoms with Crippen LogP contribution in [0.1, 0.15) is 35.7 Å². The van der Waals surface area contributed by atoms with Crippen LogP contribution in [0.25, 0.3) is 11.0 Å². The fourth-order valence-electron chi connectivity index (χ4n) is 2.32. The zero-order chi connectivity index (χ0) is 15.7. The first-order chi connectivity index (χ1) is 10.6. The number of carbonyl (C=O) groups excluding carboxylic acids is 1. The molecule has 5 nitrogen and oxygen atoms in total. The molecule has 0 aliphatic carbocycles. The van der Waals surface area contributed by atoms with Crippen LogP contribution in [0.3, 0.4) is 0 Å². The molecule has 1 heterocycles. The van der Waals surface area contributed by atoms with Crippen molar-refractivity contribution < 1.29 is 9.90 Å². The molecule has 0 fully saturated rings. The summed E-state index contributed by atoms with van der Waals surface area (Å²) in [6.07, 6.45) is 1.54. The number of fused-ring (bicyclic) bond motifs is 1. The van der Waals surface area contributed by atoms with E-state index in [4.69, 9.17) is 0 Å². The van der Waals surface area contributed by atoms with E-state index in [2.05, 4.69) is 10.4 Å². The number of hydrogen-bond acceptors (Lipinski definition) is 3. The molecule has 2 N–H and O–H groups in total. The summed E-state index contributed by atoms with van der Waals surface area (Å²) in [5, 5.41) is 10.1. The van der Waals surface area contributed by atoms with E-state index < -0.39 is 0 Å². The van der Waals surface area contributed by atoms with Crippen LogP contribution < -0.4 is 5.43 Å². The molecular weight excluding hydrogens is 278 g/mol. The Bertz CT molecular complexity index is 837. The van der Waals surface area contributed by atoms with E-state index in [0.717, 1.165) is 16.6 Å².